The Balaban J connectivity index is 2.30. The fourth-order valence-corrected chi connectivity index (χ4v) is 2.50. The van der Waals surface area contributed by atoms with Gasteiger partial charge in [-0.2, -0.15) is 5.10 Å². The molecular formula is C14H15F2N5. The van der Waals surface area contributed by atoms with E-state index in [9.17, 15) is 8.78 Å². The first-order valence-corrected chi connectivity index (χ1v) is 6.68. The maximum Gasteiger partial charge on any atom is 0.207 e. The first-order valence-electron chi connectivity index (χ1n) is 6.68. The summed E-state index contributed by atoms with van der Waals surface area (Å²) in [6, 6.07) is 3.35. The molecule has 3 rings (SSSR count). The maximum absolute atomic E-state index is 14.0. The lowest BCUT2D eigenvalue weighted by Gasteiger charge is -2.08. The molecule has 2 N–H and O–H groups in total. The zero-order valence-corrected chi connectivity index (χ0v) is 11.8. The summed E-state index contributed by atoms with van der Waals surface area (Å²) in [4.78, 5) is 4.29. The molecule has 2 heterocycles. The normalized spacial score (nSPS) is 11.4. The van der Waals surface area contributed by atoms with Gasteiger partial charge in [-0.05, 0) is 18.6 Å². The Bertz CT molecular complexity index is 818. The molecule has 0 aliphatic rings. The van der Waals surface area contributed by atoms with Gasteiger partial charge in [-0.1, -0.05) is 13.3 Å². The number of nitrogens with two attached hydrogens (primary N) is 1. The van der Waals surface area contributed by atoms with Crippen LogP contribution < -0.4 is 5.73 Å². The number of rotatable bonds is 3. The first-order chi connectivity index (χ1) is 10.0. The van der Waals surface area contributed by atoms with Gasteiger partial charge in [0.2, 0.25) is 5.95 Å². The molecule has 0 aliphatic carbocycles. The van der Waals surface area contributed by atoms with E-state index in [4.69, 9.17) is 5.73 Å². The predicted octanol–water partition coefficient (Wildman–Crippen LogP) is 2.57. The van der Waals surface area contributed by atoms with Crippen LogP contribution in [0.2, 0.25) is 0 Å². The molecule has 1 aromatic carbocycles. The molecule has 0 bridgehead atoms. The Kier molecular flexibility index (Phi) is 3.12. The molecule has 0 saturated carbocycles. The number of imidazole rings is 1. The van der Waals surface area contributed by atoms with Gasteiger partial charge in [-0.15, -0.1) is 0 Å². The number of benzene rings is 1. The molecule has 0 unspecified atom stereocenters. The standard InChI is InChI=1S/C14H15F2N5/c1-3-4-10-12-13(20(2)19-10)21(14(17)18-12)11-6-5-8(15)7-9(11)16/h5-7H,3-4H2,1-2H3,(H2,17,18). The van der Waals surface area contributed by atoms with Gasteiger partial charge >= 0.3 is 0 Å². The summed E-state index contributed by atoms with van der Waals surface area (Å²) in [6.07, 6.45) is 1.68. The van der Waals surface area contributed by atoms with Gasteiger partial charge in [0.25, 0.3) is 0 Å². The Morgan fingerprint density at radius 2 is 2.05 bits per heavy atom. The lowest BCUT2D eigenvalue weighted by Crippen LogP contribution is -2.07. The molecule has 0 aliphatic heterocycles. The molecule has 5 nitrogen and oxygen atoms in total. The Morgan fingerprint density at radius 3 is 2.71 bits per heavy atom. The number of hydrogen-bond donors (Lipinski definition) is 1. The van der Waals surface area contributed by atoms with Crippen molar-refractivity contribution >= 4 is 17.1 Å². The molecule has 3 aromatic rings. The van der Waals surface area contributed by atoms with Crippen LogP contribution in [0.25, 0.3) is 16.9 Å². The van der Waals surface area contributed by atoms with E-state index in [-0.39, 0.29) is 11.6 Å². The minimum atomic E-state index is -0.695. The van der Waals surface area contributed by atoms with Gasteiger partial charge in [-0.3, -0.25) is 4.57 Å². The fourth-order valence-electron chi connectivity index (χ4n) is 2.50. The number of aryl methyl sites for hydroxylation is 2. The second-order valence-corrected chi connectivity index (χ2v) is 4.89. The van der Waals surface area contributed by atoms with Gasteiger partial charge in [-0.25, -0.2) is 18.4 Å². The van der Waals surface area contributed by atoms with Gasteiger partial charge in [0, 0.05) is 13.1 Å². The van der Waals surface area contributed by atoms with Crippen LogP contribution in [0.5, 0.6) is 0 Å². The lowest BCUT2D eigenvalue weighted by molar-refractivity contribution is 0.578. The zero-order valence-electron chi connectivity index (χ0n) is 11.8. The molecule has 7 heteroatoms. The average molecular weight is 291 g/mol. The molecule has 0 radical (unpaired) electrons. The van der Waals surface area contributed by atoms with Gasteiger partial charge in [0.05, 0.1) is 11.4 Å². The molecule has 0 spiro atoms. The van der Waals surface area contributed by atoms with Gasteiger partial charge in [0.1, 0.15) is 17.2 Å². The van der Waals surface area contributed by atoms with Crippen LogP contribution in [0.15, 0.2) is 18.2 Å². The summed E-state index contributed by atoms with van der Waals surface area (Å²) in [5.74, 6) is -1.18. The Morgan fingerprint density at radius 1 is 1.29 bits per heavy atom. The maximum atomic E-state index is 14.0. The second kappa shape index (κ2) is 4.83. The van der Waals surface area contributed by atoms with E-state index >= 15 is 0 Å². The Labute approximate surface area is 120 Å². The SMILES string of the molecule is CCCc1nn(C)c2c1nc(N)n2-c1ccc(F)cc1F. The minimum absolute atomic E-state index is 0.154. The number of hydrogen-bond acceptors (Lipinski definition) is 3. The van der Waals surface area contributed by atoms with Crippen molar-refractivity contribution in [2.75, 3.05) is 5.73 Å². The fraction of sp³-hybridized carbons (Fsp3) is 0.286. The smallest absolute Gasteiger partial charge is 0.207 e. The van der Waals surface area contributed by atoms with Gasteiger partial charge < -0.3 is 5.73 Å². The van der Waals surface area contributed by atoms with Crippen LogP contribution in [0.3, 0.4) is 0 Å². The van der Waals surface area contributed by atoms with E-state index in [2.05, 4.69) is 10.1 Å². The van der Waals surface area contributed by atoms with Crippen molar-refractivity contribution in [1.29, 1.82) is 0 Å². The number of halogens is 2. The highest BCUT2D eigenvalue weighted by atomic mass is 19.1. The van der Waals surface area contributed by atoms with Crippen LogP contribution in [0.1, 0.15) is 19.0 Å². The number of aromatic nitrogens is 4. The number of nitrogens with zero attached hydrogens (tertiary/aromatic N) is 4. The molecule has 0 amide bonds. The summed E-state index contributed by atoms with van der Waals surface area (Å²) in [5, 5.41) is 4.40. The third-order valence-electron chi connectivity index (χ3n) is 3.37. The molecule has 0 atom stereocenters. The molecular weight excluding hydrogens is 276 g/mol. The largest absolute Gasteiger partial charge is 0.369 e. The molecule has 2 aromatic heterocycles. The van der Waals surface area contributed by atoms with Crippen molar-refractivity contribution in [2.45, 2.75) is 19.8 Å². The number of fused-ring (bicyclic) bond motifs is 1. The van der Waals surface area contributed by atoms with Crippen molar-refractivity contribution in [3.05, 3.63) is 35.5 Å². The summed E-state index contributed by atoms with van der Waals surface area (Å²) in [7, 11) is 1.75. The van der Waals surface area contributed by atoms with E-state index in [1.807, 2.05) is 6.92 Å². The quantitative estimate of drug-likeness (QED) is 0.806. The van der Waals surface area contributed by atoms with Crippen LogP contribution in [-0.4, -0.2) is 19.3 Å². The summed E-state index contributed by atoms with van der Waals surface area (Å²) in [6.45, 7) is 2.04. The average Bonchev–Trinajstić information content (AvgIpc) is 2.89. The van der Waals surface area contributed by atoms with Crippen LogP contribution in [0, 0.1) is 11.6 Å². The van der Waals surface area contributed by atoms with Crippen LogP contribution in [0.4, 0.5) is 14.7 Å². The number of anilines is 1. The third kappa shape index (κ3) is 2.05. The highest BCUT2D eigenvalue weighted by Gasteiger charge is 2.20. The minimum Gasteiger partial charge on any atom is -0.369 e. The third-order valence-corrected chi connectivity index (χ3v) is 3.37. The summed E-state index contributed by atoms with van der Waals surface area (Å²) >= 11 is 0. The van der Waals surface area contributed by atoms with E-state index < -0.39 is 11.6 Å². The number of nitrogen functional groups attached to an aromatic ring is 1. The van der Waals surface area contributed by atoms with Crippen LogP contribution in [-0.2, 0) is 13.5 Å². The lowest BCUT2D eigenvalue weighted by atomic mass is 10.2. The summed E-state index contributed by atoms with van der Waals surface area (Å²) < 4.78 is 30.2. The van der Waals surface area contributed by atoms with E-state index in [1.165, 1.54) is 16.7 Å². The van der Waals surface area contributed by atoms with Crippen molar-refractivity contribution in [2.24, 2.45) is 7.05 Å². The van der Waals surface area contributed by atoms with E-state index in [1.54, 1.807) is 11.7 Å². The second-order valence-electron chi connectivity index (χ2n) is 4.89. The molecule has 0 fully saturated rings. The highest BCUT2D eigenvalue weighted by Crippen LogP contribution is 2.27. The summed E-state index contributed by atoms with van der Waals surface area (Å²) in [5.41, 5.74) is 8.15. The Hall–Kier alpha value is -2.44. The van der Waals surface area contributed by atoms with E-state index in [0.717, 1.165) is 24.6 Å². The van der Waals surface area contributed by atoms with Crippen molar-refractivity contribution in [3.63, 3.8) is 0 Å². The predicted molar refractivity (Wildman–Crippen MR) is 76.2 cm³/mol. The van der Waals surface area contributed by atoms with Crippen molar-refractivity contribution in [1.82, 2.24) is 19.3 Å². The first kappa shape index (κ1) is 13.5. The van der Waals surface area contributed by atoms with Crippen molar-refractivity contribution < 1.29 is 8.78 Å². The molecule has 110 valence electrons. The molecule has 21 heavy (non-hydrogen) atoms. The monoisotopic (exact) mass is 291 g/mol. The zero-order chi connectivity index (χ0) is 15.1. The highest BCUT2D eigenvalue weighted by molar-refractivity contribution is 5.80. The van der Waals surface area contributed by atoms with Crippen molar-refractivity contribution in [3.8, 4) is 5.69 Å². The topological polar surface area (TPSA) is 61.7 Å². The van der Waals surface area contributed by atoms with Gasteiger partial charge in [0.15, 0.2) is 5.65 Å². The molecule has 0 saturated heterocycles. The van der Waals surface area contributed by atoms with E-state index in [0.29, 0.717) is 11.2 Å². The van der Waals surface area contributed by atoms with Crippen LogP contribution >= 0.6 is 0 Å².